The summed E-state index contributed by atoms with van der Waals surface area (Å²) < 4.78 is 10.4. The van der Waals surface area contributed by atoms with E-state index in [0.717, 1.165) is 16.7 Å². The summed E-state index contributed by atoms with van der Waals surface area (Å²) in [6.45, 7) is 0.411. The molecule has 0 saturated carbocycles. The lowest BCUT2D eigenvalue weighted by Crippen LogP contribution is -2.23. The first-order chi connectivity index (χ1) is 12.3. The molecule has 5 nitrogen and oxygen atoms in total. The predicted molar refractivity (Wildman–Crippen MR) is 95.1 cm³/mol. The highest BCUT2D eigenvalue weighted by Gasteiger charge is 2.15. The van der Waals surface area contributed by atoms with Gasteiger partial charge in [-0.1, -0.05) is 29.4 Å². The Kier molecular flexibility index (Phi) is 4.18. The van der Waals surface area contributed by atoms with E-state index in [1.807, 2.05) is 23.6 Å². The van der Waals surface area contributed by atoms with Crippen LogP contribution in [0, 0.1) is 0 Å². The van der Waals surface area contributed by atoms with Crippen molar-refractivity contribution in [3.05, 3.63) is 76.8 Å². The normalized spacial score (nSPS) is 10.7. The van der Waals surface area contributed by atoms with Crippen LogP contribution in [0.3, 0.4) is 0 Å². The maximum atomic E-state index is 12.3. The number of nitrogens with one attached hydrogen (secondary N) is 1. The van der Waals surface area contributed by atoms with E-state index in [1.54, 1.807) is 35.8 Å². The number of amides is 1. The van der Waals surface area contributed by atoms with Crippen molar-refractivity contribution in [2.75, 3.05) is 0 Å². The number of benzene rings is 1. The first-order valence-electron chi connectivity index (χ1n) is 7.70. The quantitative estimate of drug-likeness (QED) is 0.571. The number of thiophene rings is 1. The number of furan rings is 1. The SMILES string of the molecule is O=C(NCc1ccccc1-c1ccsc1)c1cc(-c2ccco2)on1. The Morgan fingerprint density at radius 1 is 1.12 bits per heavy atom. The molecule has 0 bridgehead atoms. The zero-order chi connectivity index (χ0) is 17.1. The maximum Gasteiger partial charge on any atom is 0.273 e. The van der Waals surface area contributed by atoms with E-state index in [0.29, 0.717) is 18.1 Å². The molecule has 4 aromatic rings. The minimum atomic E-state index is -0.290. The molecule has 0 radical (unpaired) electrons. The Morgan fingerprint density at radius 2 is 2.04 bits per heavy atom. The van der Waals surface area contributed by atoms with Crippen LogP contribution >= 0.6 is 11.3 Å². The molecule has 3 heterocycles. The van der Waals surface area contributed by atoms with Gasteiger partial charge in [0.15, 0.2) is 11.5 Å². The first kappa shape index (κ1) is 15.4. The van der Waals surface area contributed by atoms with Crippen molar-refractivity contribution in [3.63, 3.8) is 0 Å². The third-order valence-corrected chi connectivity index (χ3v) is 4.48. The molecule has 1 amide bonds. The lowest BCUT2D eigenvalue weighted by atomic mass is 10.0. The van der Waals surface area contributed by atoms with E-state index in [4.69, 9.17) is 8.94 Å². The van der Waals surface area contributed by atoms with E-state index in [1.165, 1.54) is 0 Å². The van der Waals surface area contributed by atoms with Crippen molar-refractivity contribution in [1.29, 1.82) is 0 Å². The van der Waals surface area contributed by atoms with Gasteiger partial charge in [-0.3, -0.25) is 4.79 Å². The minimum absolute atomic E-state index is 0.222. The summed E-state index contributed by atoms with van der Waals surface area (Å²) >= 11 is 1.65. The predicted octanol–water partition coefficient (Wildman–Crippen LogP) is 4.59. The Hall–Kier alpha value is -3.12. The summed E-state index contributed by atoms with van der Waals surface area (Å²) in [5.74, 6) is 0.671. The number of rotatable bonds is 5. The molecule has 0 spiro atoms. The van der Waals surface area contributed by atoms with E-state index >= 15 is 0 Å². The highest BCUT2D eigenvalue weighted by Crippen LogP contribution is 2.26. The average Bonchev–Trinajstić information content (AvgIpc) is 3.41. The molecule has 6 heteroatoms. The Balaban J connectivity index is 1.48. The second-order valence-corrected chi connectivity index (χ2v) is 6.19. The second kappa shape index (κ2) is 6.78. The monoisotopic (exact) mass is 350 g/mol. The van der Waals surface area contributed by atoms with Crippen LogP contribution in [0.25, 0.3) is 22.6 Å². The highest BCUT2D eigenvalue weighted by atomic mass is 32.1. The lowest BCUT2D eigenvalue weighted by molar-refractivity contribution is 0.0942. The minimum Gasteiger partial charge on any atom is -0.461 e. The Labute approximate surface area is 147 Å². The fourth-order valence-corrected chi connectivity index (χ4v) is 3.21. The average molecular weight is 350 g/mol. The molecule has 0 saturated heterocycles. The Morgan fingerprint density at radius 3 is 2.84 bits per heavy atom. The number of carbonyl (C=O) groups excluding carboxylic acids is 1. The van der Waals surface area contributed by atoms with Gasteiger partial charge in [-0.25, -0.2) is 0 Å². The number of nitrogens with zero attached hydrogens (tertiary/aromatic N) is 1. The zero-order valence-electron chi connectivity index (χ0n) is 13.1. The van der Waals surface area contributed by atoms with Crippen LogP contribution in [0.1, 0.15) is 16.1 Å². The first-order valence-corrected chi connectivity index (χ1v) is 8.65. The van der Waals surface area contributed by atoms with Crippen molar-refractivity contribution >= 4 is 17.2 Å². The smallest absolute Gasteiger partial charge is 0.273 e. The van der Waals surface area contributed by atoms with Crippen LogP contribution < -0.4 is 5.32 Å². The van der Waals surface area contributed by atoms with Crippen LogP contribution in [-0.2, 0) is 6.54 Å². The largest absolute Gasteiger partial charge is 0.461 e. The molecule has 0 unspecified atom stereocenters. The van der Waals surface area contributed by atoms with Crippen LogP contribution in [0.4, 0.5) is 0 Å². The summed E-state index contributed by atoms with van der Waals surface area (Å²) in [4.78, 5) is 12.3. The summed E-state index contributed by atoms with van der Waals surface area (Å²) in [5.41, 5.74) is 3.53. The van der Waals surface area contributed by atoms with E-state index in [9.17, 15) is 4.79 Å². The van der Waals surface area contributed by atoms with Gasteiger partial charge in [0.1, 0.15) is 0 Å². The molecule has 124 valence electrons. The molecule has 1 N–H and O–H groups in total. The summed E-state index contributed by atoms with van der Waals surface area (Å²) in [6, 6.07) is 15.1. The topological polar surface area (TPSA) is 68.3 Å². The molecule has 0 atom stereocenters. The lowest BCUT2D eigenvalue weighted by Gasteiger charge is -2.08. The fraction of sp³-hybridized carbons (Fsp3) is 0.0526. The third kappa shape index (κ3) is 3.25. The van der Waals surface area contributed by atoms with Crippen molar-refractivity contribution in [2.24, 2.45) is 0 Å². The van der Waals surface area contributed by atoms with Gasteiger partial charge in [0, 0.05) is 12.6 Å². The van der Waals surface area contributed by atoms with Crippen molar-refractivity contribution < 1.29 is 13.7 Å². The molecule has 0 aliphatic carbocycles. The molecule has 1 aromatic carbocycles. The van der Waals surface area contributed by atoms with Gasteiger partial charge in [-0.15, -0.1) is 0 Å². The van der Waals surface area contributed by atoms with Gasteiger partial charge in [-0.2, -0.15) is 11.3 Å². The highest BCUT2D eigenvalue weighted by molar-refractivity contribution is 7.08. The van der Waals surface area contributed by atoms with Crippen LogP contribution in [-0.4, -0.2) is 11.1 Å². The molecule has 0 aliphatic heterocycles. The van der Waals surface area contributed by atoms with Crippen molar-refractivity contribution in [1.82, 2.24) is 10.5 Å². The van der Waals surface area contributed by atoms with Crippen LogP contribution in [0.15, 0.2) is 74.5 Å². The third-order valence-electron chi connectivity index (χ3n) is 3.80. The molecular weight excluding hydrogens is 336 g/mol. The van der Waals surface area contributed by atoms with E-state index in [-0.39, 0.29) is 11.6 Å². The van der Waals surface area contributed by atoms with Crippen molar-refractivity contribution in [3.8, 4) is 22.6 Å². The van der Waals surface area contributed by atoms with Crippen LogP contribution in [0.2, 0.25) is 0 Å². The number of aromatic nitrogens is 1. The summed E-state index contributed by atoms with van der Waals surface area (Å²) in [5, 5.41) is 10.8. The number of carbonyl (C=O) groups is 1. The Bertz CT molecular complexity index is 972. The second-order valence-electron chi connectivity index (χ2n) is 5.41. The van der Waals surface area contributed by atoms with Crippen LogP contribution in [0.5, 0.6) is 0 Å². The molecule has 25 heavy (non-hydrogen) atoms. The summed E-state index contributed by atoms with van der Waals surface area (Å²) in [7, 11) is 0. The molecule has 0 aliphatic rings. The van der Waals surface area contributed by atoms with Gasteiger partial charge in [0.05, 0.1) is 6.26 Å². The molecule has 4 rings (SSSR count). The maximum absolute atomic E-state index is 12.3. The standard InChI is InChI=1S/C19H14N2O3S/c22-19(16-10-18(24-21-16)17-6-3-8-23-17)20-11-13-4-1-2-5-15(13)14-7-9-25-12-14/h1-10,12H,11H2,(H,20,22). The van der Waals surface area contributed by atoms with Gasteiger partial charge >= 0.3 is 0 Å². The van der Waals surface area contributed by atoms with E-state index < -0.39 is 0 Å². The van der Waals surface area contributed by atoms with Crippen molar-refractivity contribution in [2.45, 2.75) is 6.54 Å². The molecular formula is C19H14N2O3S. The molecule has 3 aromatic heterocycles. The van der Waals surface area contributed by atoms with Gasteiger partial charge in [0.25, 0.3) is 5.91 Å². The fourth-order valence-electron chi connectivity index (χ4n) is 2.56. The van der Waals surface area contributed by atoms with Gasteiger partial charge in [0.2, 0.25) is 5.76 Å². The number of hydrogen-bond donors (Lipinski definition) is 1. The number of hydrogen-bond acceptors (Lipinski definition) is 5. The molecule has 0 fully saturated rings. The van der Waals surface area contributed by atoms with Gasteiger partial charge in [-0.05, 0) is 45.6 Å². The zero-order valence-corrected chi connectivity index (χ0v) is 14.0. The van der Waals surface area contributed by atoms with E-state index in [2.05, 4.69) is 28.0 Å². The van der Waals surface area contributed by atoms with Gasteiger partial charge < -0.3 is 14.3 Å². The summed E-state index contributed by atoms with van der Waals surface area (Å²) in [6.07, 6.45) is 1.54.